The van der Waals surface area contributed by atoms with Gasteiger partial charge in [-0.2, -0.15) is 0 Å². The summed E-state index contributed by atoms with van der Waals surface area (Å²) in [6.07, 6.45) is 0. The number of benzene rings is 2. The van der Waals surface area contributed by atoms with Crippen molar-refractivity contribution in [2.24, 2.45) is 0 Å². The summed E-state index contributed by atoms with van der Waals surface area (Å²) in [4.78, 5) is 1.30. The molecule has 0 aromatic heterocycles. The molecule has 2 heteroatoms. The molecule has 0 bridgehead atoms. The van der Waals surface area contributed by atoms with E-state index in [0.29, 0.717) is 5.25 Å². The molecule has 0 radical (unpaired) electrons. The zero-order valence-electron chi connectivity index (χ0n) is 9.98. The van der Waals surface area contributed by atoms with Crippen LogP contribution in [0.3, 0.4) is 0 Å². The molecule has 2 aromatic carbocycles. The van der Waals surface area contributed by atoms with Crippen LogP contribution in [-0.2, 0) is 0 Å². The van der Waals surface area contributed by atoms with Gasteiger partial charge in [0, 0.05) is 15.2 Å². The zero-order valence-corrected chi connectivity index (χ0v) is 11.6. The molecule has 17 heavy (non-hydrogen) atoms. The number of hydrogen-bond donors (Lipinski definition) is 0. The van der Waals surface area contributed by atoms with Gasteiger partial charge < -0.3 is 0 Å². The molecule has 0 aliphatic heterocycles. The quantitative estimate of drug-likeness (QED) is 0.658. The monoisotopic (exact) mass is 262 g/mol. The molecule has 0 fully saturated rings. The molecule has 1 atom stereocenters. The van der Waals surface area contributed by atoms with Crippen molar-refractivity contribution in [1.82, 2.24) is 0 Å². The van der Waals surface area contributed by atoms with Gasteiger partial charge in [0.25, 0.3) is 0 Å². The van der Waals surface area contributed by atoms with Gasteiger partial charge in [-0.3, -0.25) is 0 Å². The van der Waals surface area contributed by atoms with E-state index in [4.69, 9.17) is 11.6 Å². The van der Waals surface area contributed by atoms with Crippen molar-refractivity contribution < 1.29 is 0 Å². The molecule has 0 spiro atoms. The van der Waals surface area contributed by atoms with Crippen molar-refractivity contribution in [2.45, 2.75) is 24.0 Å². The smallest absolute Gasteiger partial charge is 0.0406 e. The second kappa shape index (κ2) is 5.61. The van der Waals surface area contributed by atoms with Gasteiger partial charge >= 0.3 is 0 Å². The van der Waals surface area contributed by atoms with E-state index in [2.05, 4.69) is 50.2 Å². The van der Waals surface area contributed by atoms with Gasteiger partial charge in [-0.1, -0.05) is 41.4 Å². The summed E-state index contributed by atoms with van der Waals surface area (Å²) in [7, 11) is 0. The topological polar surface area (TPSA) is 0 Å². The maximum atomic E-state index is 5.89. The third-order valence-electron chi connectivity index (χ3n) is 2.67. The van der Waals surface area contributed by atoms with E-state index >= 15 is 0 Å². The zero-order chi connectivity index (χ0) is 12.3. The molecule has 2 aromatic rings. The first-order valence-corrected chi connectivity index (χ1v) is 6.90. The third kappa shape index (κ3) is 3.52. The Bertz CT molecular complexity index is 473. The van der Waals surface area contributed by atoms with Gasteiger partial charge in [0.05, 0.1) is 0 Å². The van der Waals surface area contributed by atoms with Gasteiger partial charge in [-0.15, -0.1) is 11.8 Å². The Labute approximate surface area is 112 Å². The first kappa shape index (κ1) is 12.5. The number of thioether (sulfide) groups is 1. The Kier molecular flexibility index (Phi) is 4.14. The van der Waals surface area contributed by atoms with Crippen molar-refractivity contribution in [2.75, 3.05) is 0 Å². The SMILES string of the molecule is Cc1ccc(SC(C)c2ccc(Cl)cc2)cc1. The molecule has 88 valence electrons. The molecule has 0 N–H and O–H groups in total. The fourth-order valence-electron chi connectivity index (χ4n) is 1.62. The van der Waals surface area contributed by atoms with Gasteiger partial charge in [-0.25, -0.2) is 0 Å². The highest BCUT2D eigenvalue weighted by atomic mass is 35.5. The van der Waals surface area contributed by atoms with Gasteiger partial charge in [0.1, 0.15) is 0 Å². The van der Waals surface area contributed by atoms with Crippen molar-refractivity contribution in [3.63, 3.8) is 0 Å². The van der Waals surface area contributed by atoms with Crippen LogP contribution in [0.1, 0.15) is 23.3 Å². The first-order valence-electron chi connectivity index (χ1n) is 5.64. The Hall–Kier alpha value is -0.920. The summed E-state index contributed by atoms with van der Waals surface area (Å²) in [5, 5.41) is 1.23. The van der Waals surface area contributed by atoms with E-state index in [0.717, 1.165) is 5.02 Å². The summed E-state index contributed by atoms with van der Waals surface area (Å²) in [5.74, 6) is 0. The normalized spacial score (nSPS) is 12.4. The van der Waals surface area contributed by atoms with Crippen molar-refractivity contribution in [3.8, 4) is 0 Å². The number of halogens is 1. The van der Waals surface area contributed by atoms with E-state index in [9.17, 15) is 0 Å². The van der Waals surface area contributed by atoms with E-state index in [1.54, 1.807) is 0 Å². The molecule has 0 amide bonds. The van der Waals surface area contributed by atoms with Gasteiger partial charge in [0.15, 0.2) is 0 Å². The molecule has 1 unspecified atom stereocenters. The van der Waals surface area contributed by atoms with Gasteiger partial charge in [0.2, 0.25) is 0 Å². The van der Waals surface area contributed by atoms with Crippen LogP contribution in [0.4, 0.5) is 0 Å². The standard InChI is InChI=1S/C15H15ClS/c1-11-3-9-15(10-4-11)17-12(2)13-5-7-14(16)8-6-13/h3-10,12H,1-2H3. The second-order valence-corrected chi connectivity index (χ2v) is 5.98. The predicted molar refractivity (Wildman–Crippen MR) is 76.9 cm³/mol. The Morgan fingerprint density at radius 2 is 1.53 bits per heavy atom. The van der Waals surface area contributed by atoms with Crippen molar-refractivity contribution in [3.05, 3.63) is 64.7 Å². The van der Waals surface area contributed by atoms with Gasteiger partial charge in [-0.05, 0) is 43.7 Å². The lowest BCUT2D eigenvalue weighted by Crippen LogP contribution is -1.87. The van der Waals surface area contributed by atoms with E-state index in [1.807, 2.05) is 23.9 Å². The van der Waals surface area contributed by atoms with E-state index < -0.39 is 0 Å². The highest BCUT2D eigenvalue weighted by Gasteiger charge is 2.06. The van der Waals surface area contributed by atoms with Crippen molar-refractivity contribution >= 4 is 23.4 Å². The van der Waals surface area contributed by atoms with Crippen LogP contribution in [0.2, 0.25) is 5.02 Å². The molecule has 0 aliphatic carbocycles. The van der Waals surface area contributed by atoms with Crippen LogP contribution in [0.15, 0.2) is 53.4 Å². The Balaban J connectivity index is 2.08. The summed E-state index contributed by atoms with van der Waals surface area (Å²) in [6, 6.07) is 16.7. The molecule has 0 nitrogen and oxygen atoms in total. The molecular weight excluding hydrogens is 248 g/mol. The summed E-state index contributed by atoms with van der Waals surface area (Å²) in [5.41, 5.74) is 2.61. The summed E-state index contributed by atoms with van der Waals surface area (Å²) < 4.78 is 0. The minimum Gasteiger partial charge on any atom is -0.118 e. The largest absolute Gasteiger partial charge is 0.118 e. The number of rotatable bonds is 3. The second-order valence-electron chi connectivity index (χ2n) is 4.12. The van der Waals surface area contributed by atoms with Crippen LogP contribution in [0, 0.1) is 6.92 Å². The predicted octanol–water partition coefficient (Wildman–Crippen LogP) is 5.50. The molecule has 0 aliphatic rings. The number of aryl methyl sites for hydroxylation is 1. The van der Waals surface area contributed by atoms with Crippen molar-refractivity contribution in [1.29, 1.82) is 0 Å². The van der Waals surface area contributed by atoms with Crippen LogP contribution in [0.5, 0.6) is 0 Å². The van der Waals surface area contributed by atoms with Crippen LogP contribution in [-0.4, -0.2) is 0 Å². The maximum Gasteiger partial charge on any atom is 0.0406 e. The lowest BCUT2D eigenvalue weighted by atomic mass is 10.2. The molecular formula is C15H15ClS. The third-order valence-corrected chi connectivity index (χ3v) is 4.10. The highest BCUT2D eigenvalue weighted by Crippen LogP contribution is 2.34. The molecule has 0 heterocycles. The highest BCUT2D eigenvalue weighted by molar-refractivity contribution is 7.99. The molecule has 2 rings (SSSR count). The Morgan fingerprint density at radius 1 is 0.941 bits per heavy atom. The average Bonchev–Trinajstić information content (AvgIpc) is 2.33. The van der Waals surface area contributed by atoms with Crippen LogP contribution in [0.25, 0.3) is 0 Å². The fourth-order valence-corrected chi connectivity index (χ4v) is 2.74. The van der Waals surface area contributed by atoms with E-state index in [-0.39, 0.29) is 0 Å². The minimum atomic E-state index is 0.440. The van der Waals surface area contributed by atoms with Crippen LogP contribution < -0.4 is 0 Å². The lowest BCUT2D eigenvalue weighted by molar-refractivity contribution is 1.10. The lowest BCUT2D eigenvalue weighted by Gasteiger charge is -2.11. The fraction of sp³-hybridized carbons (Fsp3) is 0.200. The molecule has 0 saturated heterocycles. The van der Waals surface area contributed by atoms with E-state index in [1.165, 1.54) is 16.0 Å². The maximum absolute atomic E-state index is 5.89. The Morgan fingerprint density at radius 3 is 2.12 bits per heavy atom. The average molecular weight is 263 g/mol. The molecule has 0 saturated carbocycles. The summed E-state index contributed by atoms with van der Waals surface area (Å²) in [6.45, 7) is 4.32. The number of hydrogen-bond acceptors (Lipinski definition) is 1. The van der Waals surface area contributed by atoms with Crippen LogP contribution >= 0.6 is 23.4 Å². The first-order chi connectivity index (χ1) is 8.15. The summed E-state index contributed by atoms with van der Waals surface area (Å²) >= 11 is 7.76. The minimum absolute atomic E-state index is 0.440.